The van der Waals surface area contributed by atoms with Gasteiger partial charge in [-0.3, -0.25) is 0 Å². The number of benzene rings is 9. The molecule has 0 fully saturated rings. The number of hydrogen-bond acceptors (Lipinski definition) is 1. The Morgan fingerprint density at radius 3 is 1.59 bits per heavy atom. The predicted molar refractivity (Wildman–Crippen MR) is 240 cm³/mol. The van der Waals surface area contributed by atoms with E-state index in [1.807, 2.05) is 11.8 Å². The molecule has 1 aliphatic carbocycles. The molecule has 0 saturated carbocycles. The maximum Gasteiger partial charge on any atom is 0.0316 e. The van der Waals surface area contributed by atoms with Gasteiger partial charge in [0.05, 0.1) is 0 Å². The number of hydrogen-bond donors (Lipinski definition) is 0. The van der Waals surface area contributed by atoms with E-state index in [2.05, 4.69) is 213 Å². The monoisotopic (exact) mass is 732 g/mol. The highest BCUT2D eigenvalue weighted by Gasteiger charge is 2.30. The van der Waals surface area contributed by atoms with Gasteiger partial charge in [0, 0.05) is 10.1 Å². The van der Waals surface area contributed by atoms with Gasteiger partial charge in [0.2, 0.25) is 0 Å². The topological polar surface area (TPSA) is 0 Å². The molecule has 0 nitrogen and oxygen atoms in total. The molecule has 0 radical (unpaired) electrons. The SMILES string of the molecule is C[C@@H](Sc1ccccc1Cc1ccccc1)c1ccc(-c2ccc(-c3cc(-c4ccccc4)c4c(c3-c3ccccc3)-c3cccc5cccc-4c35)cc2)cc1. The first-order chi connectivity index (χ1) is 27.7. The fourth-order valence-electron chi connectivity index (χ4n) is 8.60. The Hall–Kier alpha value is -6.41. The first-order valence-corrected chi connectivity index (χ1v) is 20.4. The molecule has 0 bridgehead atoms. The summed E-state index contributed by atoms with van der Waals surface area (Å²) in [5.74, 6) is 0. The Morgan fingerprint density at radius 2 is 0.911 bits per heavy atom. The lowest BCUT2D eigenvalue weighted by atomic mass is 9.82. The van der Waals surface area contributed by atoms with E-state index < -0.39 is 0 Å². The number of thioether (sulfide) groups is 1. The predicted octanol–water partition coefficient (Wildman–Crippen LogP) is 15.6. The van der Waals surface area contributed by atoms with Gasteiger partial charge in [-0.25, -0.2) is 0 Å². The molecule has 10 rings (SSSR count). The molecule has 0 amide bonds. The van der Waals surface area contributed by atoms with Crippen molar-refractivity contribution in [3.63, 3.8) is 0 Å². The van der Waals surface area contributed by atoms with E-state index in [4.69, 9.17) is 0 Å². The van der Waals surface area contributed by atoms with Crippen LogP contribution >= 0.6 is 11.8 Å². The normalized spacial score (nSPS) is 12.1. The number of rotatable bonds is 9. The highest BCUT2D eigenvalue weighted by Crippen LogP contribution is 2.57. The molecule has 1 heteroatoms. The quantitative estimate of drug-likeness (QED) is 0.133. The lowest BCUT2D eigenvalue weighted by Gasteiger charge is -2.21. The van der Waals surface area contributed by atoms with Gasteiger partial charge in [-0.05, 0) is 120 Å². The minimum atomic E-state index is 0.329. The third kappa shape index (κ3) is 6.25. The Kier molecular flexibility index (Phi) is 8.94. The van der Waals surface area contributed by atoms with Crippen LogP contribution < -0.4 is 0 Å². The van der Waals surface area contributed by atoms with Crippen molar-refractivity contribution >= 4 is 22.5 Å². The second-order valence-electron chi connectivity index (χ2n) is 14.8. The molecule has 266 valence electrons. The van der Waals surface area contributed by atoms with Gasteiger partial charge in [0.25, 0.3) is 0 Å². The van der Waals surface area contributed by atoms with Crippen LogP contribution in [0.25, 0.3) is 77.5 Å². The molecule has 0 N–H and O–H groups in total. The van der Waals surface area contributed by atoms with Gasteiger partial charge in [-0.1, -0.05) is 194 Å². The van der Waals surface area contributed by atoms with Gasteiger partial charge < -0.3 is 0 Å². The van der Waals surface area contributed by atoms with Crippen LogP contribution in [0.4, 0.5) is 0 Å². The van der Waals surface area contributed by atoms with Crippen molar-refractivity contribution in [2.45, 2.75) is 23.5 Å². The summed E-state index contributed by atoms with van der Waals surface area (Å²) in [7, 11) is 0. The molecule has 0 spiro atoms. The van der Waals surface area contributed by atoms with E-state index in [0.29, 0.717) is 5.25 Å². The van der Waals surface area contributed by atoms with Crippen molar-refractivity contribution in [3.8, 4) is 66.8 Å². The molecule has 9 aromatic rings. The molecule has 0 aliphatic heterocycles. The molecule has 0 unspecified atom stereocenters. The summed E-state index contributed by atoms with van der Waals surface area (Å²) in [5, 5.41) is 2.96. The van der Waals surface area contributed by atoms with E-state index in [1.165, 1.54) is 99.1 Å². The third-order valence-corrected chi connectivity index (χ3v) is 12.6. The Bertz CT molecular complexity index is 2810. The van der Waals surface area contributed by atoms with E-state index in [-0.39, 0.29) is 0 Å². The largest absolute Gasteiger partial charge is 0.118 e. The smallest absolute Gasteiger partial charge is 0.0316 e. The van der Waals surface area contributed by atoms with E-state index >= 15 is 0 Å². The molecular formula is C55H40S. The second kappa shape index (κ2) is 14.7. The van der Waals surface area contributed by atoms with Gasteiger partial charge in [0.15, 0.2) is 0 Å². The first-order valence-electron chi connectivity index (χ1n) is 19.5. The van der Waals surface area contributed by atoms with Crippen molar-refractivity contribution in [3.05, 3.63) is 223 Å². The third-order valence-electron chi connectivity index (χ3n) is 11.3. The fraction of sp³-hybridized carbons (Fsp3) is 0.0545. The highest BCUT2D eigenvalue weighted by atomic mass is 32.2. The summed E-state index contributed by atoms with van der Waals surface area (Å²) < 4.78 is 0. The summed E-state index contributed by atoms with van der Waals surface area (Å²) in [6, 6.07) is 75.9. The summed E-state index contributed by atoms with van der Waals surface area (Å²) in [5.41, 5.74) is 19.3. The fourth-order valence-corrected chi connectivity index (χ4v) is 9.72. The van der Waals surface area contributed by atoms with Crippen LogP contribution in [-0.2, 0) is 6.42 Å². The van der Waals surface area contributed by atoms with Crippen molar-refractivity contribution in [2.24, 2.45) is 0 Å². The number of fused-ring (bicyclic) bond motifs is 3. The van der Waals surface area contributed by atoms with Crippen molar-refractivity contribution in [1.29, 1.82) is 0 Å². The zero-order chi connectivity index (χ0) is 37.4. The summed E-state index contributed by atoms with van der Waals surface area (Å²) >= 11 is 1.95. The van der Waals surface area contributed by atoms with Gasteiger partial charge in [0.1, 0.15) is 0 Å². The van der Waals surface area contributed by atoms with Crippen LogP contribution in [0, 0.1) is 0 Å². The molecule has 0 heterocycles. The maximum absolute atomic E-state index is 2.45. The Morgan fingerprint density at radius 1 is 0.393 bits per heavy atom. The second-order valence-corrected chi connectivity index (χ2v) is 16.2. The van der Waals surface area contributed by atoms with Crippen LogP contribution in [-0.4, -0.2) is 0 Å². The van der Waals surface area contributed by atoms with E-state index in [0.717, 1.165) is 6.42 Å². The molecule has 1 atom stereocenters. The molecule has 0 aromatic heterocycles. The Balaban J connectivity index is 1.01. The van der Waals surface area contributed by atoms with Crippen LogP contribution in [0.15, 0.2) is 211 Å². The first kappa shape index (κ1) is 34.1. The van der Waals surface area contributed by atoms with Crippen molar-refractivity contribution < 1.29 is 0 Å². The van der Waals surface area contributed by atoms with Crippen LogP contribution in [0.3, 0.4) is 0 Å². The minimum absolute atomic E-state index is 0.329. The average Bonchev–Trinajstić information content (AvgIpc) is 3.60. The summed E-state index contributed by atoms with van der Waals surface area (Å²) in [6.45, 7) is 2.32. The van der Waals surface area contributed by atoms with Gasteiger partial charge >= 0.3 is 0 Å². The van der Waals surface area contributed by atoms with Crippen LogP contribution in [0.1, 0.15) is 28.9 Å². The lowest BCUT2D eigenvalue weighted by molar-refractivity contribution is 1.08. The Labute approximate surface area is 334 Å². The molecule has 0 saturated heterocycles. The molecule has 9 aromatic carbocycles. The summed E-state index contributed by atoms with van der Waals surface area (Å²) in [4.78, 5) is 1.35. The summed E-state index contributed by atoms with van der Waals surface area (Å²) in [6.07, 6.45) is 0.946. The minimum Gasteiger partial charge on any atom is -0.118 e. The van der Waals surface area contributed by atoms with Crippen molar-refractivity contribution in [1.82, 2.24) is 0 Å². The van der Waals surface area contributed by atoms with E-state index in [1.54, 1.807) is 0 Å². The standard InChI is InChI=1S/C55H40S/c1-37(56-51-26-12-11-21-46(51)35-38-15-5-2-6-16-38)39-27-29-40(30-28-39)41-31-33-43(34-32-41)49-36-50(42-17-7-3-8-18-42)54-47-24-13-22-44-23-14-25-48(52(44)47)55(54)53(49)45-19-9-4-10-20-45/h2-34,36-37H,35H2,1H3/t37-/m1/s1. The highest BCUT2D eigenvalue weighted by molar-refractivity contribution is 7.99. The average molecular weight is 733 g/mol. The maximum atomic E-state index is 2.45. The lowest BCUT2D eigenvalue weighted by Crippen LogP contribution is -1.95. The van der Waals surface area contributed by atoms with Crippen LogP contribution in [0.5, 0.6) is 0 Å². The van der Waals surface area contributed by atoms with E-state index in [9.17, 15) is 0 Å². The molecule has 1 aliphatic rings. The van der Waals surface area contributed by atoms with Crippen molar-refractivity contribution in [2.75, 3.05) is 0 Å². The molecule has 56 heavy (non-hydrogen) atoms. The zero-order valence-corrected chi connectivity index (χ0v) is 32.1. The van der Waals surface area contributed by atoms with Crippen LogP contribution in [0.2, 0.25) is 0 Å². The van der Waals surface area contributed by atoms with Gasteiger partial charge in [-0.2, -0.15) is 0 Å². The molecular weight excluding hydrogens is 693 g/mol. The zero-order valence-electron chi connectivity index (χ0n) is 31.3. The van der Waals surface area contributed by atoms with Gasteiger partial charge in [-0.15, -0.1) is 11.8 Å².